The molecule has 7 nitrogen and oxygen atoms in total. The molecule has 0 radical (unpaired) electrons. The maximum absolute atomic E-state index is 14.6. The van der Waals surface area contributed by atoms with Crippen molar-refractivity contribution in [2.75, 3.05) is 22.9 Å². The predicted molar refractivity (Wildman–Crippen MR) is 109 cm³/mol. The number of aromatic nitrogens is 3. The van der Waals surface area contributed by atoms with Crippen LogP contribution in [0.25, 0.3) is 0 Å². The number of rotatable bonds is 7. The van der Waals surface area contributed by atoms with Gasteiger partial charge in [0.25, 0.3) is 0 Å². The van der Waals surface area contributed by atoms with Crippen molar-refractivity contribution in [3.8, 4) is 11.5 Å². The van der Waals surface area contributed by atoms with E-state index in [2.05, 4.69) is 25.6 Å². The standard InChI is InChI=1S/C18H16Cl2F2N6O/c1-2-24-17-10(8-19)13(3-4-25-17)29-16-11(21)5-9(6-12(16)22)26-15-7-14(20)27-18(23)28-15/h3-7H,2,8H2,1H3,(H,24,25)(H3,23,26,27,28). The lowest BCUT2D eigenvalue weighted by Crippen LogP contribution is -2.05. The molecule has 0 atom stereocenters. The van der Waals surface area contributed by atoms with Gasteiger partial charge in [-0.3, -0.25) is 0 Å². The van der Waals surface area contributed by atoms with Gasteiger partial charge in [-0.15, -0.1) is 11.6 Å². The molecule has 11 heteroatoms. The normalized spacial score (nSPS) is 10.7. The highest BCUT2D eigenvalue weighted by atomic mass is 35.5. The summed E-state index contributed by atoms with van der Waals surface area (Å²) in [5.41, 5.74) is 6.08. The van der Waals surface area contributed by atoms with Gasteiger partial charge in [0.1, 0.15) is 22.5 Å². The lowest BCUT2D eigenvalue weighted by Gasteiger charge is -2.15. The van der Waals surface area contributed by atoms with Crippen molar-refractivity contribution in [3.05, 3.63) is 52.8 Å². The Morgan fingerprint density at radius 2 is 1.90 bits per heavy atom. The van der Waals surface area contributed by atoms with Crippen LogP contribution in [0.15, 0.2) is 30.5 Å². The number of halogens is 4. The largest absolute Gasteiger partial charge is 0.451 e. The van der Waals surface area contributed by atoms with E-state index in [0.29, 0.717) is 17.9 Å². The number of hydrogen-bond donors (Lipinski definition) is 3. The topological polar surface area (TPSA) is 98.0 Å². The molecule has 0 saturated heterocycles. The van der Waals surface area contributed by atoms with Crippen molar-refractivity contribution in [2.24, 2.45) is 0 Å². The average Bonchev–Trinajstić information content (AvgIpc) is 2.64. The molecule has 3 rings (SSSR count). The van der Waals surface area contributed by atoms with Gasteiger partial charge < -0.3 is 21.1 Å². The average molecular weight is 441 g/mol. The molecule has 0 fully saturated rings. The second-order valence-electron chi connectivity index (χ2n) is 5.73. The van der Waals surface area contributed by atoms with Crippen molar-refractivity contribution in [3.63, 3.8) is 0 Å². The third-order valence-electron chi connectivity index (χ3n) is 3.69. The van der Waals surface area contributed by atoms with Crippen LogP contribution in [-0.2, 0) is 5.88 Å². The van der Waals surface area contributed by atoms with Gasteiger partial charge in [0, 0.05) is 36.6 Å². The van der Waals surface area contributed by atoms with Crippen LogP contribution in [0.1, 0.15) is 12.5 Å². The number of alkyl halides is 1. The first-order valence-corrected chi connectivity index (χ1v) is 9.34. The molecule has 0 aliphatic heterocycles. The molecule has 4 N–H and O–H groups in total. The monoisotopic (exact) mass is 440 g/mol. The molecule has 0 bridgehead atoms. The van der Waals surface area contributed by atoms with E-state index in [0.717, 1.165) is 12.1 Å². The van der Waals surface area contributed by atoms with E-state index in [4.69, 9.17) is 33.7 Å². The molecule has 1 aromatic carbocycles. The van der Waals surface area contributed by atoms with E-state index in [1.165, 1.54) is 18.3 Å². The summed E-state index contributed by atoms with van der Waals surface area (Å²) in [6.07, 6.45) is 1.46. The SMILES string of the molecule is CCNc1nccc(Oc2c(F)cc(Nc3cc(Cl)nc(N)n3)cc2F)c1CCl. The van der Waals surface area contributed by atoms with E-state index < -0.39 is 17.4 Å². The van der Waals surface area contributed by atoms with E-state index in [1.807, 2.05) is 6.92 Å². The highest BCUT2D eigenvalue weighted by Crippen LogP contribution is 2.35. The lowest BCUT2D eigenvalue weighted by molar-refractivity contribution is 0.405. The van der Waals surface area contributed by atoms with Crippen molar-refractivity contribution in [2.45, 2.75) is 12.8 Å². The summed E-state index contributed by atoms with van der Waals surface area (Å²) >= 11 is 11.8. The van der Waals surface area contributed by atoms with Crippen LogP contribution in [0.2, 0.25) is 5.15 Å². The second-order valence-corrected chi connectivity index (χ2v) is 6.38. The molecular weight excluding hydrogens is 425 g/mol. The van der Waals surface area contributed by atoms with Crippen LogP contribution in [0.5, 0.6) is 11.5 Å². The molecule has 0 spiro atoms. The molecule has 0 aliphatic carbocycles. The third-order valence-corrected chi connectivity index (χ3v) is 4.15. The fourth-order valence-electron chi connectivity index (χ4n) is 2.51. The van der Waals surface area contributed by atoms with E-state index >= 15 is 0 Å². The highest BCUT2D eigenvalue weighted by molar-refractivity contribution is 6.29. The zero-order valence-corrected chi connectivity index (χ0v) is 16.7. The van der Waals surface area contributed by atoms with Crippen molar-refractivity contribution < 1.29 is 13.5 Å². The molecule has 29 heavy (non-hydrogen) atoms. The Balaban J connectivity index is 1.90. The fraction of sp³-hybridized carbons (Fsp3) is 0.167. The van der Waals surface area contributed by atoms with Crippen LogP contribution in [-0.4, -0.2) is 21.5 Å². The number of anilines is 4. The molecule has 0 saturated carbocycles. The van der Waals surface area contributed by atoms with Crippen LogP contribution < -0.4 is 21.1 Å². The Hall–Kier alpha value is -2.91. The summed E-state index contributed by atoms with van der Waals surface area (Å²) in [6.45, 7) is 2.48. The number of benzene rings is 1. The fourth-order valence-corrected chi connectivity index (χ4v) is 2.95. The highest BCUT2D eigenvalue weighted by Gasteiger charge is 2.18. The molecule has 2 aromatic heterocycles. The molecule has 3 aromatic rings. The number of hydrogen-bond acceptors (Lipinski definition) is 7. The summed E-state index contributed by atoms with van der Waals surface area (Å²) < 4.78 is 34.7. The first-order valence-electron chi connectivity index (χ1n) is 8.43. The van der Waals surface area contributed by atoms with Gasteiger partial charge in [-0.1, -0.05) is 11.6 Å². The minimum absolute atomic E-state index is 0.0459. The minimum atomic E-state index is -0.928. The Morgan fingerprint density at radius 3 is 2.52 bits per heavy atom. The van der Waals surface area contributed by atoms with Crippen molar-refractivity contribution in [1.82, 2.24) is 15.0 Å². The van der Waals surface area contributed by atoms with Crippen LogP contribution in [0.3, 0.4) is 0 Å². The summed E-state index contributed by atoms with van der Waals surface area (Å²) in [4.78, 5) is 11.8. The summed E-state index contributed by atoms with van der Waals surface area (Å²) in [7, 11) is 0. The molecule has 0 aliphatic rings. The van der Waals surface area contributed by atoms with Gasteiger partial charge in [0.2, 0.25) is 5.95 Å². The van der Waals surface area contributed by atoms with E-state index in [9.17, 15) is 8.78 Å². The molecule has 2 heterocycles. The number of nitrogens with one attached hydrogen (secondary N) is 2. The summed E-state index contributed by atoms with van der Waals surface area (Å²) in [6, 6.07) is 4.95. The van der Waals surface area contributed by atoms with Crippen LogP contribution in [0, 0.1) is 11.6 Å². The number of pyridine rings is 1. The quantitative estimate of drug-likeness (QED) is 0.347. The lowest BCUT2D eigenvalue weighted by atomic mass is 10.2. The summed E-state index contributed by atoms with van der Waals surface area (Å²) in [5, 5.41) is 5.82. The maximum atomic E-state index is 14.6. The number of nitrogens with two attached hydrogens (primary N) is 1. The third kappa shape index (κ3) is 4.93. The number of nitrogen functional groups attached to an aromatic ring is 1. The first kappa shape index (κ1) is 20.8. The Bertz CT molecular complexity index is 994. The number of nitrogens with zero attached hydrogens (tertiary/aromatic N) is 3. The van der Waals surface area contributed by atoms with Gasteiger partial charge in [-0.25, -0.2) is 18.7 Å². The zero-order chi connectivity index (χ0) is 21.0. The predicted octanol–water partition coefficient (Wildman–Crippen LogP) is 5.09. The van der Waals surface area contributed by atoms with Gasteiger partial charge >= 0.3 is 0 Å². The van der Waals surface area contributed by atoms with E-state index in [-0.39, 0.29) is 34.2 Å². The Labute approximate surface area is 175 Å². The van der Waals surface area contributed by atoms with Crippen molar-refractivity contribution in [1.29, 1.82) is 0 Å². The second kappa shape index (κ2) is 9.06. The molecular formula is C18H16Cl2F2N6O. The Kier molecular flexibility index (Phi) is 6.50. The number of ether oxygens (including phenoxy) is 1. The van der Waals surface area contributed by atoms with Gasteiger partial charge in [-0.05, 0) is 13.0 Å². The van der Waals surface area contributed by atoms with E-state index in [1.54, 1.807) is 0 Å². The Morgan fingerprint density at radius 1 is 1.17 bits per heavy atom. The van der Waals surface area contributed by atoms with Crippen molar-refractivity contribution >= 4 is 46.5 Å². The van der Waals surface area contributed by atoms with Gasteiger partial charge in [0.15, 0.2) is 17.4 Å². The molecule has 0 unspecified atom stereocenters. The van der Waals surface area contributed by atoms with Gasteiger partial charge in [-0.2, -0.15) is 4.98 Å². The minimum Gasteiger partial charge on any atom is -0.451 e. The molecule has 0 amide bonds. The smallest absolute Gasteiger partial charge is 0.223 e. The molecule has 152 valence electrons. The van der Waals surface area contributed by atoms with Crippen LogP contribution in [0.4, 0.5) is 32.1 Å². The maximum Gasteiger partial charge on any atom is 0.223 e. The van der Waals surface area contributed by atoms with Crippen LogP contribution >= 0.6 is 23.2 Å². The zero-order valence-electron chi connectivity index (χ0n) is 15.1. The van der Waals surface area contributed by atoms with Gasteiger partial charge in [0.05, 0.1) is 11.4 Å². The summed E-state index contributed by atoms with van der Waals surface area (Å²) in [5.74, 6) is -1.60. The first-order chi connectivity index (χ1) is 13.9.